The standard InChI is InChI=1S/C48H69N9O17S2/c1-44(2,3)69-39(61)34(73-53-35(33-27-75-40(50-33)52-42(63)71-46(7,8)9)37(59)51-36-38(60)57(48(36,13)14)74-76(65,66)67)26-68-32-17-15-29(16-18-32)30-23-55(22-28-20-54(21-28)43(64)72-47(10,11)12)56(24-30)25-31(58)19-49-41(62)70-45(4,5)6/h15-18,23-24,27-28,31,34,36,58H,19-22,25-26H2,1-14H3,(H3-,49,50,51,52,59,62,63,65,66,67)/b53-35-/t31?,34?,36-/m1/s1. The van der Waals surface area contributed by atoms with E-state index in [4.69, 9.17) is 28.5 Å². The molecule has 0 spiro atoms. The molecule has 0 radical (unpaired) electrons. The minimum atomic E-state index is -5.37. The van der Waals surface area contributed by atoms with Crippen molar-refractivity contribution in [3.05, 3.63) is 47.7 Å². The molecular weight excluding hydrogens is 1040 g/mol. The van der Waals surface area contributed by atoms with E-state index in [0.29, 0.717) is 24.7 Å². The van der Waals surface area contributed by atoms with E-state index < -0.39 is 105 Å². The van der Waals surface area contributed by atoms with Crippen LogP contribution in [0.15, 0.2) is 47.2 Å². The first-order valence-corrected chi connectivity index (χ1v) is 26.2. The quantitative estimate of drug-likeness (QED) is 0.0193. The van der Waals surface area contributed by atoms with Crippen LogP contribution in [0.25, 0.3) is 11.1 Å². The van der Waals surface area contributed by atoms with Crippen LogP contribution in [0, 0.1) is 5.92 Å². The largest absolute Gasteiger partial charge is 0.724 e. The number of hydroxylamine groups is 2. The number of aliphatic hydroxyl groups excluding tert-OH is 1. The van der Waals surface area contributed by atoms with Gasteiger partial charge in [0.05, 0.1) is 30.4 Å². The fraction of sp³-hybridized carbons (Fsp3) is 0.604. The van der Waals surface area contributed by atoms with Crippen LogP contribution in [-0.2, 0) is 65.9 Å². The number of β-lactam (4-membered cyclic amide) rings is 1. The Kier molecular flexibility index (Phi) is 18.5. The Labute approximate surface area is 445 Å². The van der Waals surface area contributed by atoms with E-state index in [1.165, 1.54) is 19.2 Å². The van der Waals surface area contributed by atoms with Crippen molar-refractivity contribution in [3.8, 4) is 16.9 Å². The number of nitrogens with zero attached hydrogens (tertiary/aromatic N) is 6. The molecule has 4 N–H and O–H groups in total. The molecule has 420 valence electrons. The van der Waals surface area contributed by atoms with E-state index in [9.17, 15) is 46.8 Å². The first kappa shape index (κ1) is 60.2. The molecule has 0 bridgehead atoms. The number of ether oxygens (including phenoxy) is 5. The lowest BCUT2D eigenvalue weighted by molar-refractivity contribution is -0.780. The summed E-state index contributed by atoms with van der Waals surface area (Å²) in [5, 5.41) is 24.1. The van der Waals surface area contributed by atoms with Crippen LogP contribution in [0.4, 0.5) is 19.5 Å². The molecule has 0 aliphatic carbocycles. The molecule has 76 heavy (non-hydrogen) atoms. The average molecular weight is 1110 g/mol. The Balaban J connectivity index is 1.37. The van der Waals surface area contributed by atoms with Gasteiger partial charge in [-0.25, -0.2) is 32.6 Å². The van der Waals surface area contributed by atoms with Crippen LogP contribution < -0.4 is 25.4 Å². The Bertz CT molecular complexity index is 2720. The van der Waals surface area contributed by atoms with Gasteiger partial charge in [-0.3, -0.25) is 14.9 Å². The van der Waals surface area contributed by atoms with E-state index in [2.05, 4.69) is 30.4 Å². The van der Waals surface area contributed by atoms with Crippen LogP contribution in [0.3, 0.4) is 0 Å². The van der Waals surface area contributed by atoms with Gasteiger partial charge in [0.15, 0.2) is 17.4 Å². The molecule has 0 saturated carbocycles. The third kappa shape index (κ3) is 18.0. The van der Waals surface area contributed by atoms with Gasteiger partial charge in [-0.2, -0.15) is 14.0 Å². The number of likely N-dealkylation sites (tertiary alicyclic amines) is 1. The molecule has 5 amide bonds. The number of hydrogen-bond donors (Lipinski definition) is 4. The summed E-state index contributed by atoms with van der Waals surface area (Å²) in [5.74, 6) is -2.81. The highest BCUT2D eigenvalue weighted by atomic mass is 32.3. The van der Waals surface area contributed by atoms with Crippen molar-refractivity contribution >= 4 is 68.6 Å². The number of benzene rings is 1. The molecular formula is C48H69N9O17S2. The zero-order chi connectivity index (χ0) is 56.9. The van der Waals surface area contributed by atoms with Gasteiger partial charge in [0.1, 0.15) is 52.6 Å². The first-order valence-electron chi connectivity index (χ1n) is 24.0. The van der Waals surface area contributed by atoms with Gasteiger partial charge in [0.25, 0.3) is 17.9 Å². The number of nitrogens with one attached hydrogen (secondary N) is 3. The fourth-order valence-corrected chi connectivity index (χ4v) is 8.31. The highest BCUT2D eigenvalue weighted by Gasteiger charge is 2.57. The second-order valence-corrected chi connectivity index (χ2v) is 24.3. The minimum Gasteiger partial charge on any atom is -0.724 e. The zero-order valence-electron chi connectivity index (χ0n) is 45.1. The number of amides is 5. The van der Waals surface area contributed by atoms with Crippen molar-refractivity contribution in [2.24, 2.45) is 11.1 Å². The number of esters is 1. The molecule has 2 aliphatic rings. The Morgan fingerprint density at radius 3 is 2.05 bits per heavy atom. The molecule has 2 unspecified atom stereocenters. The summed E-state index contributed by atoms with van der Waals surface area (Å²) in [7, 11) is -5.37. The number of carbonyl (C=O) groups is 6. The molecule has 28 heteroatoms. The fourth-order valence-electron chi connectivity index (χ4n) is 7.18. The van der Waals surface area contributed by atoms with Crippen molar-refractivity contribution in [1.82, 2.24) is 30.3 Å². The second-order valence-electron chi connectivity index (χ2n) is 22.5. The number of aromatic nitrogens is 3. The maximum absolute atomic E-state index is 14.0. The van der Waals surface area contributed by atoms with Crippen molar-refractivity contribution < 1.29 is 84.3 Å². The number of carbonyl (C=O) groups excluding carboxylic acids is 6. The summed E-state index contributed by atoms with van der Waals surface area (Å²) in [6.07, 6.45) is -0.874. The zero-order valence-corrected chi connectivity index (χ0v) is 46.7. The van der Waals surface area contributed by atoms with Crippen LogP contribution >= 0.6 is 11.3 Å². The molecule has 4 heterocycles. The Morgan fingerprint density at radius 1 is 0.895 bits per heavy atom. The van der Waals surface area contributed by atoms with E-state index in [1.807, 2.05) is 21.8 Å². The molecule has 5 rings (SSSR count). The Morgan fingerprint density at radius 2 is 1.49 bits per heavy atom. The Hall–Kier alpha value is -6.62. The average Bonchev–Trinajstić information content (AvgIpc) is 3.86. The van der Waals surface area contributed by atoms with E-state index in [0.717, 1.165) is 22.5 Å². The van der Waals surface area contributed by atoms with Crippen LogP contribution in [0.2, 0.25) is 0 Å². The number of alkyl carbamates (subject to hydrolysis) is 1. The second kappa shape index (κ2) is 23.3. The third-order valence-electron chi connectivity index (χ3n) is 10.5. The highest BCUT2D eigenvalue weighted by Crippen LogP contribution is 2.33. The van der Waals surface area contributed by atoms with Gasteiger partial charge in [-0.15, -0.1) is 16.0 Å². The molecule has 2 aromatic heterocycles. The summed E-state index contributed by atoms with van der Waals surface area (Å²) < 4.78 is 69.7. The van der Waals surface area contributed by atoms with Gasteiger partial charge in [-0.1, -0.05) is 17.3 Å². The van der Waals surface area contributed by atoms with Crippen molar-refractivity contribution in [2.75, 3.05) is 31.6 Å². The summed E-state index contributed by atoms with van der Waals surface area (Å²) in [5.41, 5.74) is -4.18. The summed E-state index contributed by atoms with van der Waals surface area (Å²) in [6, 6.07) is 5.31. The molecule has 1 aromatic carbocycles. The lowest BCUT2D eigenvalue weighted by Crippen LogP contribution is -2.76. The normalized spacial score (nSPS) is 17.1. The number of oxime groups is 1. The molecule has 26 nitrogen and oxygen atoms in total. The summed E-state index contributed by atoms with van der Waals surface area (Å²) >= 11 is 0.867. The monoisotopic (exact) mass is 1110 g/mol. The molecule has 2 fully saturated rings. The molecule has 2 aliphatic heterocycles. The number of aliphatic hydroxyl groups is 1. The van der Waals surface area contributed by atoms with Gasteiger partial charge in [0, 0.05) is 24.4 Å². The van der Waals surface area contributed by atoms with Crippen LogP contribution in [0.1, 0.15) is 103 Å². The predicted molar refractivity (Wildman–Crippen MR) is 270 cm³/mol. The third-order valence-corrected chi connectivity index (χ3v) is 11.5. The number of anilines is 1. The summed E-state index contributed by atoms with van der Waals surface area (Å²) in [4.78, 5) is 89.7. The first-order chi connectivity index (χ1) is 34.8. The van der Waals surface area contributed by atoms with Gasteiger partial charge in [0.2, 0.25) is 16.6 Å². The van der Waals surface area contributed by atoms with Gasteiger partial charge >= 0.3 is 24.2 Å². The van der Waals surface area contributed by atoms with E-state index in [-0.39, 0.29) is 35.6 Å². The van der Waals surface area contributed by atoms with Gasteiger partial charge < -0.3 is 53.7 Å². The predicted octanol–water partition coefficient (Wildman–Crippen LogP) is 4.01. The van der Waals surface area contributed by atoms with Crippen molar-refractivity contribution in [1.29, 1.82) is 0 Å². The SMILES string of the molecule is CC(C)(C)OC(=O)NCC(O)C[n+]1cc(-c2ccc(OCC(O/N=C(\C(=O)N[C@@H]3C(=O)N(OS(=O)(=O)[O-])C3(C)C)c3csc(NC(=O)OC(C)(C)C)n3)C(=O)OC(C)(C)C)cc2)cn1CC1CN(C(=O)OC(C)(C)C)C1. The molecule has 2 saturated heterocycles. The molecule has 3 atom stereocenters. The lowest BCUT2D eigenvalue weighted by atomic mass is 9.84. The smallest absolute Gasteiger partial charge is 0.413 e. The van der Waals surface area contributed by atoms with Crippen molar-refractivity contribution in [2.45, 2.75) is 156 Å². The number of thiazole rings is 1. The maximum Gasteiger partial charge on any atom is 0.413 e. The van der Waals surface area contributed by atoms with E-state index >= 15 is 0 Å². The molecule has 3 aromatic rings. The van der Waals surface area contributed by atoms with Crippen LogP contribution in [0.5, 0.6) is 5.75 Å². The number of hydrogen-bond acceptors (Lipinski definition) is 20. The summed E-state index contributed by atoms with van der Waals surface area (Å²) in [6.45, 7) is 23.9. The van der Waals surface area contributed by atoms with Gasteiger partial charge in [-0.05, 0) is 115 Å². The van der Waals surface area contributed by atoms with Crippen LogP contribution in [-0.4, -0.2) is 152 Å². The minimum absolute atomic E-state index is 0.0398. The highest BCUT2D eigenvalue weighted by molar-refractivity contribution is 7.80. The maximum atomic E-state index is 14.0. The topological polar surface area (TPSA) is 321 Å². The number of rotatable bonds is 19. The lowest BCUT2D eigenvalue weighted by Gasteiger charge is -2.51. The van der Waals surface area contributed by atoms with Crippen molar-refractivity contribution in [3.63, 3.8) is 0 Å². The van der Waals surface area contributed by atoms with E-state index in [1.54, 1.807) is 112 Å².